The third-order valence-corrected chi connectivity index (χ3v) is 4.09. The van der Waals surface area contributed by atoms with Crippen LogP contribution in [0, 0.1) is 27.6 Å². The monoisotopic (exact) mass is 419 g/mol. The second-order valence-electron chi connectivity index (χ2n) is 6.02. The molecule has 0 atom stereocenters. The van der Waals surface area contributed by atoms with E-state index in [9.17, 15) is 19.8 Å². The van der Waals surface area contributed by atoms with Gasteiger partial charge in [0.05, 0.1) is 35.7 Å². The first kappa shape index (κ1) is 22.5. The lowest BCUT2D eigenvalue weighted by molar-refractivity contribution is -0.110. The van der Waals surface area contributed by atoms with Gasteiger partial charge in [-0.1, -0.05) is 0 Å². The third-order valence-electron chi connectivity index (χ3n) is 4.09. The Hall–Kier alpha value is -4.78. The summed E-state index contributed by atoms with van der Waals surface area (Å²) < 4.78 is 5.13. The van der Waals surface area contributed by atoms with Gasteiger partial charge >= 0.3 is 5.97 Å². The van der Waals surface area contributed by atoms with Crippen LogP contribution in [0.4, 0.5) is 5.69 Å². The Balaban J connectivity index is 2.43. The highest BCUT2D eigenvalue weighted by Gasteiger charge is 2.22. The number of phenolic OH excluding ortho intramolecular Hbond substituents is 1. The van der Waals surface area contributed by atoms with Gasteiger partial charge in [-0.2, -0.15) is 5.26 Å². The Bertz CT molecular complexity index is 1180. The average Bonchev–Trinajstić information content (AvgIpc) is 2.76. The molecule has 31 heavy (non-hydrogen) atoms. The molecule has 0 radical (unpaired) electrons. The molecule has 2 aromatic rings. The van der Waals surface area contributed by atoms with Crippen molar-refractivity contribution in [2.24, 2.45) is 0 Å². The lowest BCUT2D eigenvalue weighted by Gasteiger charge is -2.14. The standard InChI is InChI=1S/C21H17N5O5/c1-31-18-9-17(27)14(8-12(18)15(24)3-2-6-22)19(25)20(28)26-16-5-4-11(10-23)7-13(16)21(29)30/h2-9,22,24-25,27H,1H3,(H,26,28)(H,29,30)/b3-2-,22-6?,24-15?,25-19?. The van der Waals surface area contributed by atoms with Crippen LogP contribution >= 0.6 is 0 Å². The molecule has 1 amide bonds. The summed E-state index contributed by atoms with van der Waals surface area (Å²) in [6, 6.07) is 7.78. The van der Waals surface area contributed by atoms with Crippen LogP contribution < -0.4 is 10.1 Å². The number of carbonyl (C=O) groups excluding carboxylic acids is 1. The number of aromatic carboxylic acids is 1. The van der Waals surface area contributed by atoms with Gasteiger partial charge in [-0.05, 0) is 36.4 Å². The number of nitrogens with one attached hydrogen (secondary N) is 4. The van der Waals surface area contributed by atoms with E-state index in [1.807, 2.05) is 0 Å². The number of allylic oxidation sites excluding steroid dienone is 2. The molecule has 6 N–H and O–H groups in total. The highest BCUT2D eigenvalue weighted by molar-refractivity contribution is 6.48. The number of carbonyl (C=O) groups is 2. The van der Waals surface area contributed by atoms with E-state index in [0.717, 1.165) is 18.3 Å². The molecular formula is C21H17N5O5. The molecule has 0 bridgehead atoms. The Labute approximate surface area is 176 Å². The summed E-state index contributed by atoms with van der Waals surface area (Å²) in [5.74, 6) is -2.72. The molecule has 0 heterocycles. The minimum atomic E-state index is -1.38. The van der Waals surface area contributed by atoms with Crippen LogP contribution in [-0.4, -0.2) is 46.8 Å². The maximum atomic E-state index is 12.6. The van der Waals surface area contributed by atoms with Gasteiger partial charge in [0.15, 0.2) is 0 Å². The second-order valence-corrected chi connectivity index (χ2v) is 6.02. The van der Waals surface area contributed by atoms with Gasteiger partial charge in [0.1, 0.15) is 17.2 Å². The van der Waals surface area contributed by atoms with Crippen LogP contribution in [0.25, 0.3) is 0 Å². The number of methoxy groups -OCH3 is 1. The maximum Gasteiger partial charge on any atom is 0.337 e. The molecule has 0 saturated heterocycles. The van der Waals surface area contributed by atoms with Gasteiger partial charge in [0, 0.05) is 23.4 Å². The van der Waals surface area contributed by atoms with E-state index in [2.05, 4.69) is 5.32 Å². The van der Waals surface area contributed by atoms with E-state index in [1.54, 1.807) is 6.07 Å². The number of benzene rings is 2. The molecule has 156 valence electrons. The van der Waals surface area contributed by atoms with Crippen molar-refractivity contribution < 1.29 is 24.5 Å². The number of phenols is 1. The number of carboxylic acids is 1. The average molecular weight is 419 g/mol. The van der Waals surface area contributed by atoms with E-state index in [1.165, 1.54) is 37.5 Å². The van der Waals surface area contributed by atoms with Gasteiger partial charge in [-0.15, -0.1) is 0 Å². The van der Waals surface area contributed by atoms with E-state index >= 15 is 0 Å². The Kier molecular flexibility index (Phi) is 6.98. The number of carboxylic acid groups (broad SMARTS) is 1. The fraction of sp³-hybridized carbons (Fsp3) is 0.0476. The van der Waals surface area contributed by atoms with Crippen molar-refractivity contribution in [3.8, 4) is 17.6 Å². The molecule has 10 nitrogen and oxygen atoms in total. The van der Waals surface area contributed by atoms with Crippen LogP contribution in [-0.2, 0) is 4.79 Å². The first-order chi connectivity index (χ1) is 14.7. The highest BCUT2D eigenvalue weighted by Crippen LogP contribution is 2.30. The lowest BCUT2D eigenvalue weighted by Crippen LogP contribution is -2.24. The number of rotatable bonds is 8. The number of anilines is 1. The molecule has 10 heteroatoms. The maximum absolute atomic E-state index is 12.6. The molecule has 0 aliphatic rings. The minimum Gasteiger partial charge on any atom is -0.507 e. The minimum absolute atomic E-state index is 0.0828. The van der Waals surface area contributed by atoms with Crippen molar-refractivity contribution in [3.05, 3.63) is 64.7 Å². The van der Waals surface area contributed by atoms with Gasteiger partial charge < -0.3 is 31.1 Å². The van der Waals surface area contributed by atoms with Gasteiger partial charge in [0.2, 0.25) is 0 Å². The van der Waals surface area contributed by atoms with E-state index < -0.39 is 23.3 Å². The first-order valence-corrected chi connectivity index (χ1v) is 8.58. The molecule has 2 aromatic carbocycles. The number of aromatic hydroxyl groups is 1. The van der Waals surface area contributed by atoms with Crippen molar-refractivity contribution in [3.63, 3.8) is 0 Å². The zero-order valence-electron chi connectivity index (χ0n) is 16.2. The van der Waals surface area contributed by atoms with Crippen LogP contribution in [0.1, 0.15) is 27.0 Å². The zero-order chi connectivity index (χ0) is 23.1. The number of amides is 1. The summed E-state index contributed by atoms with van der Waals surface area (Å²) in [6.45, 7) is 0. The summed E-state index contributed by atoms with van der Waals surface area (Å²) in [6.07, 6.45) is 3.56. The number of hydrogen-bond donors (Lipinski definition) is 6. The summed E-state index contributed by atoms with van der Waals surface area (Å²) in [7, 11) is 1.32. The fourth-order valence-corrected chi connectivity index (χ4v) is 2.59. The number of nitriles is 1. The van der Waals surface area contributed by atoms with Crippen molar-refractivity contribution >= 4 is 35.2 Å². The number of ether oxygens (including phenoxy) is 1. The quantitative estimate of drug-likeness (QED) is 0.356. The van der Waals surface area contributed by atoms with Crippen LogP contribution in [0.5, 0.6) is 11.5 Å². The van der Waals surface area contributed by atoms with Gasteiger partial charge in [0.25, 0.3) is 5.91 Å². The van der Waals surface area contributed by atoms with Crippen molar-refractivity contribution in [2.45, 2.75) is 0 Å². The highest BCUT2D eigenvalue weighted by atomic mass is 16.5. The van der Waals surface area contributed by atoms with Crippen molar-refractivity contribution in [1.82, 2.24) is 0 Å². The molecule has 0 aliphatic heterocycles. The third kappa shape index (κ3) is 4.99. The first-order valence-electron chi connectivity index (χ1n) is 8.58. The smallest absolute Gasteiger partial charge is 0.337 e. The van der Waals surface area contributed by atoms with Crippen molar-refractivity contribution in [1.29, 1.82) is 21.5 Å². The van der Waals surface area contributed by atoms with Crippen LogP contribution in [0.3, 0.4) is 0 Å². The Morgan fingerprint density at radius 2 is 1.87 bits per heavy atom. The fourth-order valence-electron chi connectivity index (χ4n) is 2.59. The molecule has 0 aromatic heterocycles. The molecule has 0 unspecified atom stereocenters. The molecule has 0 aliphatic carbocycles. The number of hydrogen-bond acceptors (Lipinski definition) is 8. The predicted octanol–water partition coefficient (Wildman–Crippen LogP) is 2.55. The second kappa shape index (κ2) is 9.62. The van der Waals surface area contributed by atoms with Crippen molar-refractivity contribution in [2.75, 3.05) is 12.4 Å². The van der Waals surface area contributed by atoms with Crippen LogP contribution in [0.2, 0.25) is 0 Å². The Morgan fingerprint density at radius 1 is 1.16 bits per heavy atom. The predicted molar refractivity (Wildman–Crippen MR) is 113 cm³/mol. The molecule has 2 rings (SSSR count). The molecule has 0 saturated carbocycles. The molecule has 0 fully saturated rings. The van der Waals surface area contributed by atoms with E-state index in [4.69, 9.17) is 26.2 Å². The van der Waals surface area contributed by atoms with Gasteiger partial charge in [-0.3, -0.25) is 10.2 Å². The largest absolute Gasteiger partial charge is 0.507 e. The lowest BCUT2D eigenvalue weighted by atomic mass is 10.00. The summed E-state index contributed by atoms with van der Waals surface area (Å²) in [4.78, 5) is 24.0. The summed E-state index contributed by atoms with van der Waals surface area (Å²) >= 11 is 0. The normalized spacial score (nSPS) is 10.2. The number of nitrogens with zero attached hydrogens (tertiary/aromatic N) is 1. The SMILES string of the molecule is COc1cc(O)c(C(=N)C(=O)Nc2ccc(C#N)cc2C(=O)O)cc1C(=N)/C=C\C=N. The molecule has 0 spiro atoms. The Morgan fingerprint density at radius 3 is 2.45 bits per heavy atom. The summed E-state index contributed by atoms with van der Waals surface area (Å²) in [5.41, 5.74) is -1.21. The zero-order valence-corrected chi connectivity index (χ0v) is 16.2. The van der Waals surface area contributed by atoms with E-state index in [0.29, 0.717) is 0 Å². The molecular weight excluding hydrogens is 402 g/mol. The van der Waals surface area contributed by atoms with E-state index in [-0.39, 0.29) is 39.4 Å². The van der Waals surface area contributed by atoms with Crippen LogP contribution in [0.15, 0.2) is 42.5 Å². The van der Waals surface area contributed by atoms with Gasteiger partial charge in [-0.25, -0.2) is 4.79 Å². The summed E-state index contributed by atoms with van der Waals surface area (Å²) in [5, 5.41) is 54.0. The topological polar surface area (TPSA) is 191 Å².